The summed E-state index contributed by atoms with van der Waals surface area (Å²) >= 11 is 13.6. The molecule has 4 aromatic rings. The van der Waals surface area contributed by atoms with Gasteiger partial charge < -0.3 is 5.32 Å². The second-order valence-electron chi connectivity index (χ2n) is 7.61. The predicted octanol–water partition coefficient (Wildman–Crippen LogP) is 6.62. The molecule has 0 fully saturated rings. The molecule has 5 nitrogen and oxygen atoms in total. The van der Waals surface area contributed by atoms with Gasteiger partial charge in [-0.1, -0.05) is 53.5 Å². The topological polar surface area (TPSA) is 59.3 Å². The minimum atomic E-state index is -0.360. The molecular weight excluding hydrogens is 451 g/mol. The van der Waals surface area contributed by atoms with E-state index in [9.17, 15) is 4.79 Å². The highest BCUT2D eigenvalue weighted by atomic mass is 35.5. The van der Waals surface area contributed by atoms with E-state index in [1.165, 1.54) is 17.3 Å². The SMILES string of the molecule is CCC(Sc1nnc2cc(C)c3cc(C)cc(C)c3n12)C(=O)Nc1ccc(Cl)cc1Cl. The summed E-state index contributed by atoms with van der Waals surface area (Å²) in [5.41, 5.74) is 5.89. The number of nitrogens with one attached hydrogen (secondary N) is 1. The van der Waals surface area contributed by atoms with Crippen molar-refractivity contribution in [1.29, 1.82) is 0 Å². The minimum absolute atomic E-state index is 0.141. The zero-order chi connectivity index (χ0) is 22.3. The van der Waals surface area contributed by atoms with Gasteiger partial charge in [-0.2, -0.15) is 0 Å². The van der Waals surface area contributed by atoms with E-state index in [-0.39, 0.29) is 11.2 Å². The summed E-state index contributed by atoms with van der Waals surface area (Å²) in [6.45, 7) is 8.24. The van der Waals surface area contributed by atoms with Gasteiger partial charge in [0.15, 0.2) is 10.8 Å². The molecule has 1 N–H and O–H groups in total. The van der Waals surface area contributed by atoms with Gasteiger partial charge in [0.2, 0.25) is 5.91 Å². The van der Waals surface area contributed by atoms with E-state index in [0.717, 1.165) is 27.7 Å². The lowest BCUT2D eigenvalue weighted by Crippen LogP contribution is -2.25. The molecule has 8 heteroatoms. The van der Waals surface area contributed by atoms with Crippen LogP contribution >= 0.6 is 35.0 Å². The molecule has 0 saturated heterocycles. The molecular formula is C23H22Cl2N4OS. The molecule has 0 spiro atoms. The van der Waals surface area contributed by atoms with E-state index < -0.39 is 0 Å². The number of fused-ring (bicyclic) bond motifs is 3. The minimum Gasteiger partial charge on any atom is -0.324 e. The number of hydrogen-bond donors (Lipinski definition) is 1. The van der Waals surface area contributed by atoms with Crippen molar-refractivity contribution in [3.63, 3.8) is 0 Å². The Kier molecular flexibility index (Phi) is 6.15. The molecule has 4 rings (SSSR count). The highest BCUT2D eigenvalue weighted by Gasteiger charge is 2.23. The summed E-state index contributed by atoms with van der Waals surface area (Å²) in [7, 11) is 0. The third kappa shape index (κ3) is 4.25. The van der Waals surface area contributed by atoms with E-state index in [4.69, 9.17) is 23.2 Å². The molecule has 160 valence electrons. The number of benzene rings is 2. The predicted molar refractivity (Wildman–Crippen MR) is 130 cm³/mol. The summed E-state index contributed by atoms with van der Waals surface area (Å²) in [5.74, 6) is -0.141. The van der Waals surface area contributed by atoms with Crippen LogP contribution in [-0.4, -0.2) is 25.8 Å². The Bertz CT molecular complexity index is 1320. The molecule has 31 heavy (non-hydrogen) atoms. The molecule has 1 amide bonds. The maximum absolute atomic E-state index is 13.0. The third-order valence-electron chi connectivity index (χ3n) is 5.20. The van der Waals surface area contributed by atoms with E-state index in [2.05, 4.69) is 48.4 Å². The van der Waals surface area contributed by atoms with Gasteiger partial charge in [-0.05, 0) is 68.7 Å². The smallest absolute Gasteiger partial charge is 0.238 e. The Morgan fingerprint density at radius 2 is 1.87 bits per heavy atom. The number of halogens is 2. The molecule has 0 aliphatic carbocycles. The number of pyridine rings is 1. The number of thioether (sulfide) groups is 1. The van der Waals surface area contributed by atoms with Crippen LogP contribution in [0, 0.1) is 20.8 Å². The average Bonchev–Trinajstić information content (AvgIpc) is 3.10. The third-order valence-corrected chi connectivity index (χ3v) is 7.05. The second kappa shape index (κ2) is 8.69. The number of carbonyl (C=O) groups excluding carboxylic acids is 1. The van der Waals surface area contributed by atoms with E-state index in [0.29, 0.717) is 27.3 Å². The first kappa shape index (κ1) is 21.9. The van der Waals surface area contributed by atoms with Crippen LogP contribution in [-0.2, 0) is 4.79 Å². The Morgan fingerprint density at radius 1 is 1.10 bits per heavy atom. The molecule has 0 aliphatic heterocycles. The number of rotatable bonds is 5. The van der Waals surface area contributed by atoms with E-state index in [1.807, 2.05) is 17.4 Å². The highest BCUT2D eigenvalue weighted by Crippen LogP contribution is 2.32. The lowest BCUT2D eigenvalue weighted by molar-refractivity contribution is -0.115. The maximum atomic E-state index is 13.0. The lowest BCUT2D eigenvalue weighted by atomic mass is 10.0. The van der Waals surface area contributed by atoms with Crippen molar-refractivity contribution in [2.75, 3.05) is 5.32 Å². The van der Waals surface area contributed by atoms with Crippen molar-refractivity contribution in [3.05, 3.63) is 63.1 Å². The molecule has 0 aliphatic rings. The molecule has 2 heterocycles. The van der Waals surface area contributed by atoms with Crippen molar-refractivity contribution in [3.8, 4) is 0 Å². The fraction of sp³-hybridized carbons (Fsp3) is 0.261. The lowest BCUT2D eigenvalue weighted by Gasteiger charge is -2.16. The average molecular weight is 473 g/mol. The molecule has 1 unspecified atom stereocenters. The number of anilines is 1. The van der Waals surface area contributed by atoms with Crippen LogP contribution in [0.3, 0.4) is 0 Å². The van der Waals surface area contributed by atoms with Gasteiger partial charge in [-0.3, -0.25) is 9.20 Å². The van der Waals surface area contributed by atoms with Gasteiger partial charge in [0.25, 0.3) is 0 Å². The Balaban J connectivity index is 1.71. The number of carbonyl (C=O) groups is 1. The van der Waals surface area contributed by atoms with Crippen molar-refractivity contribution in [1.82, 2.24) is 14.6 Å². The number of amides is 1. The first-order chi connectivity index (χ1) is 14.8. The molecule has 1 atom stereocenters. The van der Waals surface area contributed by atoms with E-state index in [1.54, 1.807) is 18.2 Å². The van der Waals surface area contributed by atoms with Crippen molar-refractivity contribution in [2.45, 2.75) is 44.5 Å². The molecule has 0 saturated carbocycles. The van der Waals surface area contributed by atoms with Crippen LogP contribution in [0.25, 0.3) is 16.6 Å². The highest BCUT2D eigenvalue weighted by molar-refractivity contribution is 8.00. The van der Waals surface area contributed by atoms with Gasteiger partial charge in [-0.25, -0.2) is 0 Å². The normalized spacial score (nSPS) is 12.5. The fourth-order valence-corrected chi connectivity index (χ4v) is 5.16. The molecule has 0 radical (unpaired) electrons. The fourth-order valence-electron chi connectivity index (χ4n) is 3.74. The molecule has 2 aromatic heterocycles. The van der Waals surface area contributed by atoms with Gasteiger partial charge in [-0.15, -0.1) is 10.2 Å². The van der Waals surface area contributed by atoms with Gasteiger partial charge in [0, 0.05) is 10.4 Å². The zero-order valence-corrected chi connectivity index (χ0v) is 20.0. The number of aromatic nitrogens is 3. The van der Waals surface area contributed by atoms with Crippen molar-refractivity contribution in [2.24, 2.45) is 0 Å². The largest absolute Gasteiger partial charge is 0.324 e. The quantitative estimate of drug-likeness (QED) is 0.331. The van der Waals surface area contributed by atoms with Crippen LogP contribution < -0.4 is 5.32 Å². The van der Waals surface area contributed by atoms with E-state index >= 15 is 0 Å². The molecule has 2 aromatic carbocycles. The molecule has 0 bridgehead atoms. The van der Waals surface area contributed by atoms with Crippen LogP contribution in [0.15, 0.2) is 41.6 Å². The monoisotopic (exact) mass is 472 g/mol. The zero-order valence-electron chi connectivity index (χ0n) is 17.7. The Hall–Kier alpha value is -2.28. The van der Waals surface area contributed by atoms with Gasteiger partial charge in [0.05, 0.1) is 21.5 Å². The van der Waals surface area contributed by atoms with Gasteiger partial charge >= 0.3 is 0 Å². The Morgan fingerprint density at radius 3 is 2.58 bits per heavy atom. The van der Waals surface area contributed by atoms with Crippen molar-refractivity contribution < 1.29 is 4.79 Å². The van der Waals surface area contributed by atoms with Crippen LogP contribution in [0.4, 0.5) is 5.69 Å². The first-order valence-corrected chi connectivity index (χ1v) is 11.6. The van der Waals surface area contributed by atoms with Gasteiger partial charge in [0.1, 0.15) is 0 Å². The van der Waals surface area contributed by atoms with Crippen LogP contribution in [0.1, 0.15) is 30.0 Å². The van der Waals surface area contributed by atoms with Crippen LogP contribution in [0.2, 0.25) is 10.0 Å². The Labute approximate surface area is 195 Å². The standard InChI is InChI=1S/C23H22Cl2N4OS/c1-5-19(22(30)26-18-7-6-15(24)11-17(18)25)31-23-28-27-20-10-13(3)16-9-12(2)8-14(4)21(16)29(20)23/h6-11,19H,5H2,1-4H3,(H,26,30). The summed E-state index contributed by atoms with van der Waals surface area (Å²) < 4.78 is 2.05. The summed E-state index contributed by atoms with van der Waals surface area (Å²) in [6, 6.07) is 11.4. The number of hydrogen-bond acceptors (Lipinski definition) is 4. The summed E-state index contributed by atoms with van der Waals surface area (Å²) in [6.07, 6.45) is 0.624. The second-order valence-corrected chi connectivity index (χ2v) is 9.62. The maximum Gasteiger partial charge on any atom is 0.238 e. The first-order valence-electron chi connectivity index (χ1n) is 9.96. The number of aryl methyl sites for hydroxylation is 3. The summed E-state index contributed by atoms with van der Waals surface area (Å²) in [4.78, 5) is 13.0. The summed E-state index contributed by atoms with van der Waals surface area (Å²) in [5, 5.41) is 14.1. The number of nitrogens with zero attached hydrogens (tertiary/aromatic N) is 3. The van der Waals surface area contributed by atoms with Crippen molar-refractivity contribution >= 4 is 63.1 Å². The van der Waals surface area contributed by atoms with Crippen LogP contribution in [0.5, 0.6) is 0 Å².